The Labute approximate surface area is 181 Å². The van der Waals surface area contributed by atoms with E-state index in [9.17, 15) is 19.5 Å². The number of amides is 2. The highest BCUT2D eigenvalue weighted by atomic mass is 16.5. The summed E-state index contributed by atoms with van der Waals surface area (Å²) in [6.45, 7) is 3.94. The number of hydrogen-bond acceptors (Lipinski definition) is 5. The zero-order chi connectivity index (χ0) is 22.5. The molecule has 168 valence electrons. The molecule has 2 heterocycles. The summed E-state index contributed by atoms with van der Waals surface area (Å²) in [6, 6.07) is 6.13. The molecule has 2 amide bonds. The van der Waals surface area contributed by atoms with E-state index in [-0.39, 0.29) is 30.1 Å². The van der Waals surface area contributed by atoms with Crippen molar-refractivity contribution in [1.29, 1.82) is 0 Å². The van der Waals surface area contributed by atoms with Crippen molar-refractivity contribution in [3.8, 4) is 5.75 Å². The number of rotatable bonds is 10. The van der Waals surface area contributed by atoms with E-state index in [1.807, 2.05) is 48.9 Å². The zero-order valence-corrected chi connectivity index (χ0v) is 18.3. The summed E-state index contributed by atoms with van der Waals surface area (Å²) in [7, 11) is 1.61. The first kappa shape index (κ1) is 22.8. The number of benzene rings is 1. The molecular weight excluding hydrogens is 398 g/mol. The number of nitrogens with one attached hydrogen (secondary N) is 2. The molecule has 1 aliphatic rings. The monoisotopic (exact) mass is 429 g/mol. The Morgan fingerprint density at radius 1 is 1.32 bits per heavy atom. The zero-order valence-electron chi connectivity index (χ0n) is 18.3. The Morgan fingerprint density at radius 2 is 2.10 bits per heavy atom. The second kappa shape index (κ2) is 9.96. The molecule has 0 aliphatic carbocycles. The van der Waals surface area contributed by atoms with Gasteiger partial charge in [-0.25, -0.2) is 0 Å². The average Bonchev–Trinajstić information content (AvgIpc) is 3.36. The van der Waals surface area contributed by atoms with E-state index in [1.165, 1.54) is 0 Å². The van der Waals surface area contributed by atoms with Crippen LogP contribution < -0.4 is 15.4 Å². The smallest absolute Gasteiger partial charge is 0.243 e. The van der Waals surface area contributed by atoms with Crippen LogP contribution in [0.2, 0.25) is 0 Å². The van der Waals surface area contributed by atoms with Crippen LogP contribution in [0.5, 0.6) is 5.75 Å². The molecule has 8 nitrogen and oxygen atoms in total. The van der Waals surface area contributed by atoms with Gasteiger partial charge < -0.3 is 25.0 Å². The lowest BCUT2D eigenvalue weighted by Crippen LogP contribution is -2.46. The van der Waals surface area contributed by atoms with Gasteiger partial charge in [0.25, 0.3) is 0 Å². The first-order chi connectivity index (χ1) is 14.8. The fourth-order valence-corrected chi connectivity index (χ4v) is 4.21. The third kappa shape index (κ3) is 5.07. The third-order valence-corrected chi connectivity index (χ3v) is 5.82. The van der Waals surface area contributed by atoms with Gasteiger partial charge in [-0.15, -0.1) is 0 Å². The Kier molecular flexibility index (Phi) is 7.33. The van der Waals surface area contributed by atoms with Crippen molar-refractivity contribution in [3.63, 3.8) is 0 Å². The minimum atomic E-state index is -0.905. The highest BCUT2D eigenvalue weighted by Crippen LogP contribution is 2.31. The quantitative estimate of drug-likeness (QED) is 0.534. The fraction of sp³-hybridized carbons (Fsp3) is 0.522. The second-order valence-corrected chi connectivity index (χ2v) is 8.46. The number of aliphatic hydroxyl groups excluding tert-OH is 1. The van der Waals surface area contributed by atoms with Crippen molar-refractivity contribution >= 4 is 28.5 Å². The van der Waals surface area contributed by atoms with E-state index in [0.29, 0.717) is 19.4 Å². The lowest BCUT2D eigenvalue weighted by Gasteiger charge is -2.25. The minimum Gasteiger partial charge on any atom is -0.496 e. The Morgan fingerprint density at radius 3 is 2.71 bits per heavy atom. The number of nitrogens with zero attached hydrogens (tertiary/aromatic N) is 1. The first-order valence-electron chi connectivity index (χ1n) is 10.7. The summed E-state index contributed by atoms with van der Waals surface area (Å²) in [5, 5.41) is 15.9. The summed E-state index contributed by atoms with van der Waals surface area (Å²) in [4.78, 5) is 37.7. The van der Waals surface area contributed by atoms with Gasteiger partial charge in [-0.3, -0.25) is 14.4 Å². The standard InChI is InChI=1S/C23H31N3O5/c1-14(2)11-19(26-10-8-16-18(26)5-4-6-21(16)31-3)23(30)25-17(20(28)13-27)12-15-7-9-24-22(15)29/h4-6,8,10,14-15,17,19,27H,7,9,11-13H2,1-3H3,(H,24,29)(H,25,30)/t15-,17-,19-/m0/s1. The molecule has 1 aromatic heterocycles. The van der Waals surface area contributed by atoms with Crippen LogP contribution in [0.25, 0.3) is 10.9 Å². The topological polar surface area (TPSA) is 110 Å². The van der Waals surface area contributed by atoms with E-state index in [0.717, 1.165) is 16.7 Å². The van der Waals surface area contributed by atoms with Gasteiger partial charge >= 0.3 is 0 Å². The number of methoxy groups -OCH3 is 1. The molecule has 0 spiro atoms. The van der Waals surface area contributed by atoms with Gasteiger partial charge in [-0.05, 0) is 43.4 Å². The maximum atomic E-state index is 13.4. The van der Waals surface area contributed by atoms with Crippen LogP contribution >= 0.6 is 0 Å². The van der Waals surface area contributed by atoms with E-state index >= 15 is 0 Å². The number of carbonyl (C=O) groups is 3. The number of hydrogen-bond donors (Lipinski definition) is 3. The van der Waals surface area contributed by atoms with Crippen molar-refractivity contribution < 1.29 is 24.2 Å². The largest absolute Gasteiger partial charge is 0.496 e. The number of aliphatic hydroxyl groups is 1. The third-order valence-electron chi connectivity index (χ3n) is 5.82. The summed E-state index contributed by atoms with van der Waals surface area (Å²) in [6.07, 6.45) is 3.22. The van der Waals surface area contributed by atoms with E-state index < -0.39 is 24.5 Å². The lowest BCUT2D eigenvalue weighted by molar-refractivity contribution is -0.132. The molecule has 0 bridgehead atoms. The highest BCUT2D eigenvalue weighted by molar-refractivity contribution is 5.93. The van der Waals surface area contributed by atoms with Crippen molar-refractivity contribution in [3.05, 3.63) is 30.5 Å². The predicted molar refractivity (Wildman–Crippen MR) is 117 cm³/mol. The lowest BCUT2D eigenvalue weighted by atomic mass is 9.95. The molecule has 31 heavy (non-hydrogen) atoms. The highest BCUT2D eigenvalue weighted by Gasteiger charge is 2.33. The fourth-order valence-electron chi connectivity index (χ4n) is 4.21. The van der Waals surface area contributed by atoms with Crippen LogP contribution in [0.3, 0.4) is 0 Å². The van der Waals surface area contributed by atoms with Crippen molar-refractivity contribution in [1.82, 2.24) is 15.2 Å². The molecule has 1 saturated heterocycles. The van der Waals surface area contributed by atoms with Crippen LogP contribution in [0, 0.1) is 11.8 Å². The van der Waals surface area contributed by atoms with Crippen LogP contribution in [0.1, 0.15) is 39.2 Å². The number of ether oxygens (including phenoxy) is 1. The van der Waals surface area contributed by atoms with Gasteiger partial charge in [0.2, 0.25) is 11.8 Å². The molecular formula is C23H31N3O5. The van der Waals surface area contributed by atoms with Gasteiger partial charge in [0.15, 0.2) is 5.78 Å². The molecule has 1 aliphatic heterocycles. The summed E-state index contributed by atoms with van der Waals surface area (Å²) < 4.78 is 7.33. The molecule has 3 rings (SSSR count). The number of fused-ring (bicyclic) bond motifs is 1. The molecule has 1 fully saturated rings. The second-order valence-electron chi connectivity index (χ2n) is 8.46. The molecule has 0 unspecified atom stereocenters. The molecule has 3 atom stereocenters. The summed E-state index contributed by atoms with van der Waals surface area (Å²) in [5.74, 6) is -0.310. The number of carbonyl (C=O) groups excluding carboxylic acids is 3. The minimum absolute atomic E-state index is 0.118. The van der Waals surface area contributed by atoms with Crippen molar-refractivity contribution in [2.45, 2.75) is 45.2 Å². The number of ketones is 1. The summed E-state index contributed by atoms with van der Waals surface area (Å²) >= 11 is 0. The predicted octanol–water partition coefficient (Wildman–Crippen LogP) is 1.81. The Bertz CT molecular complexity index is 952. The normalized spacial score (nSPS) is 18.1. The summed E-state index contributed by atoms with van der Waals surface area (Å²) in [5.41, 5.74) is 0.861. The van der Waals surface area contributed by atoms with Crippen LogP contribution in [-0.4, -0.2) is 53.6 Å². The van der Waals surface area contributed by atoms with Gasteiger partial charge in [0.05, 0.1) is 18.7 Å². The Hall–Kier alpha value is -2.87. The SMILES string of the molecule is COc1cccc2c1ccn2[C@@H](CC(C)C)C(=O)N[C@@H](C[C@@H]1CCNC1=O)C(=O)CO. The van der Waals surface area contributed by atoms with Gasteiger partial charge in [-0.1, -0.05) is 19.9 Å². The number of aromatic nitrogens is 1. The van der Waals surface area contributed by atoms with Crippen LogP contribution in [0.15, 0.2) is 30.5 Å². The maximum absolute atomic E-state index is 13.4. The van der Waals surface area contributed by atoms with Crippen molar-refractivity contribution in [2.24, 2.45) is 11.8 Å². The van der Waals surface area contributed by atoms with E-state index in [2.05, 4.69) is 10.6 Å². The molecule has 3 N–H and O–H groups in total. The van der Waals surface area contributed by atoms with E-state index in [1.54, 1.807) is 7.11 Å². The van der Waals surface area contributed by atoms with Gasteiger partial charge in [-0.2, -0.15) is 0 Å². The van der Waals surface area contributed by atoms with Crippen LogP contribution in [0.4, 0.5) is 0 Å². The van der Waals surface area contributed by atoms with Crippen molar-refractivity contribution in [2.75, 3.05) is 20.3 Å². The molecule has 1 aromatic carbocycles. The Balaban J connectivity index is 1.88. The molecule has 2 aromatic rings. The maximum Gasteiger partial charge on any atom is 0.243 e. The van der Waals surface area contributed by atoms with E-state index in [4.69, 9.17) is 4.74 Å². The first-order valence-corrected chi connectivity index (χ1v) is 10.7. The number of Topliss-reactive ketones (excluding diaryl/α,β-unsaturated/α-hetero) is 1. The molecule has 8 heteroatoms. The molecule has 0 saturated carbocycles. The van der Waals surface area contributed by atoms with Crippen LogP contribution in [-0.2, 0) is 14.4 Å². The van der Waals surface area contributed by atoms with Gasteiger partial charge in [0.1, 0.15) is 18.4 Å². The molecule has 0 radical (unpaired) electrons. The average molecular weight is 430 g/mol. The van der Waals surface area contributed by atoms with Gasteiger partial charge in [0, 0.05) is 24.0 Å².